The minimum atomic E-state index is -4.31. The molecule has 0 atom stereocenters. The fourth-order valence-corrected chi connectivity index (χ4v) is 1.90. The molecule has 0 saturated carbocycles. The summed E-state index contributed by atoms with van der Waals surface area (Å²) in [6, 6.07) is 1.39. The topological polar surface area (TPSA) is 34.1 Å². The predicted molar refractivity (Wildman–Crippen MR) is 44.4 cm³/mol. The Morgan fingerprint density at radius 2 is 1.77 bits per heavy atom. The van der Waals surface area contributed by atoms with E-state index in [1.54, 1.807) is 0 Å². The summed E-state index contributed by atoms with van der Waals surface area (Å²) in [5.74, 6) is -2.88. The maximum Gasteiger partial charge on any atom is 0.264 e. The number of benzene rings is 1. The molecule has 0 N–H and O–H groups in total. The van der Waals surface area contributed by atoms with Crippen molar-refractivity contribution in [3.05, 3.63) is 28.8 Å². The molecule has 7 heteroatoms. The summed E-state index contributed by atoms with van der Waals surface area (Å²) in [5.41, 5.74) is 0. The highest BCUT2D eigenvalue weighted by Crippen LogP contribution is 2.24. The average Bonchev–Trinajstić information content (AvgIpc) is 1.94. The lowest BCUT2D eigenvalue weighted by atomic mass is 10.3. The van der Waals surface area contributed by atoms with Gasteiger partial charge in [0.05, 0.1) is 0 Å². The van der Waals surface area contributed by atoms with E-state index in [9.17, 15) is 17.2 Å². The monoisotopic (exact) mass is 246 g/mol. The molecular formula is C6H2Cl2F2O2S. The smallest absolute Gasteiger partial charge is 0.207 e. The number of rotatable bonds is 1. The zero-order valence-corrected chi connectivity index (χ0v) is 8.22. The number of hydrogen-bond donors (Lipinski definition) is 0. The van der Waals surface area contributed by atoms with E-state index in [4.69, 9.17) is 22.3 Å². The molecule has 0 bridgehead atoms. The maximum atomic E-state index is 12.8. The molecule has 0 fully saturated rings. The molecular weight excluding hydrogens is 245 g/mol. The highest BCUT2D eigenvalue weighted by atomic mass is 35.7. The molecule has 2 nitrogen and oxygen atoms in total. The molecule has 0 aromatic heterocycles. The predicted octanol–water partition coefficient (Wildman–Crippen LogP) is 2.55. The van der Waals surface area contributed by atoms with Crippen LogP contribution < -0.4 is 0 Å². The first kappa shape index (κ1) is 10.7. The quantitative estimate of drug-likeness (QED) is 0.564. The van der Waals surface area contributed by atoms with Crippen LogP contribution >= 0.6 is 22.3 Å². The van der Waals surface area contributed by atoms with Crippen molar-refractivity contribution in [1.82, 2.24) is 0 Å². The van der Waals surface area contributed by atoms with Gasteiger partial charge in [0.2, 0.25) is 0 Å². The van der Waals surface area contributed by atoms with Crippen molar-refractivity contribution >= 4 is 31.3 Å². The van der Waals surface area contributed by atoms with Crippen molar-refractivity contribution in [2.24, 2.45) is 0 Å². The van der Waals surface area contributed by atoms with Crippen LogP contribution in [0, 0.1) is 11.6 Å². The van der Waals surface area contributed by atoms with E-state index in [0.717, 1.165) is 6.07 Å². The van der Waals surface area contributed by atoms with Crippen molar-refractivity contribution in [1.29, 1.82) is 0 Å². The lowest BCUT2D eigenvalue weighted by Gasteiger charge is -2.00. The Hall–Kier alpha value is -0.390. The highest BCUT2D eigenvalue weighted by Gasteiger charge is 2.20. The van der Waals surface area contributed by atoms with E-state index in [1.807, 2.05) is 0 Å². The number of halogens is 4. The van der Waals surface area contributed by atoms with Gasteiger partial charge in [0, 0.05) is 15.7 Å². The fraction of sp³-hybridized carbons (Fsp3) is 0. The van der Waals surface area contributed by atoms with Crippen LogP contribution in [0.1, 0.15) is 0 Å². The van der Waals surface area contributed by atoms with Crippen LogP contribution in [-0.4, -0.2) is 8.42 Å². The van der Waals surface area contributed by atoms with Crippen LogP contribution in [0.25, 0.3) is 0 Å². The second-order valence-corrected chi connectivity index (χ2v) is 5.11. The van der Waals surface area contributed by atoms with Crippen molar-refractivity contribution < 1.29 is 17.2 Å². The molecule has 0 spiro atoms. The zero-order chi connectivity index (χ0) is 10.2. The first-order chi connectivity index (χ1) is 5.82. The van der Waals surface area contributed by atoms with Crippen LogP contribution in [0.2, 0.25) is 5.02 Å². The molecule has 1 aromatic rings. The molecule has 0 aliphatic heterocycles. The van der Waals surface area contributed by atoms with Crippen molar-refractivity contribution in [3.63, 3.8) is 0 Å². The van der Waals surface area contributed by atoms with Gasteiger partial charge in [0.1, 0.15) is 4.90 Å². The Kier molecular flexibility index (Phi) is 2.79. The lowest BCUT2D eigenvalue weighted by molar-refractivity contribution is 0.486. The molecule has 1 rings (SSSR count). The molecule has 72 valence electrons. The SMILES string of the molecule is O=S(=O)(Cl)c1cc(Cl)cc(F)c1F. The third-order valence-electron chi connectivity index (χ3n) is 1.22. The standard InChI is InChI=1S/C6H2Cl2F2O2S/c7-3-1-4(9)6(10)5(2-3)13(8,11)12/h1-2H. The van der Waals surface area contributed by atoms with E-state index in [-0.39, 0.29) is 5.02 Å². The second-order valence-electron chi connectivity index (χ2n) is 2.14. The molecule has 0 heterocycles. The van der Waals surface area contributed by atoms with Gasteiger partial charge in [0.25, 0.3) is 9.05 Å². The van der Waals surface area contributed by atoms with Gasteiger partial charge in [-0.3, -0.25) is 0 Å². The van der Waals surface area contributed by atoms with Gasteiger partial charge < -0.3 is 0 Å². The average molecular weight is 247 g/mol. The highest BCUT2D eigenvalue weighted by molar-refractivity contribution is 8.13. The molecule has 0 aliphatic rings. The van der Waals surface area contributed by atoms with Crippen LogP contribution in [0.15, 0.2) is 17.0 Å². The van der Waals surface area contributed by atoms with Gasteiger partial charge in [-0.05, 0) is 12.1 Å². The molecule has 0 aliphatic carbocycles. The van der Waals surface area contributed by atoms with Crippen LogP contribution in [0.4, 0.5) is 8.78 Å². The third kappa shape index (κ3) is 2.30. The molecule has 13 heavy (non-hydrogen) atoms. The largest absolute Gasteiger partial charge is 0.264 e. The van der Waals surface area contributed by atoms with E-state index in [1.165, 1.54) is 0 Å². The maximum absolute atomic E-state index is 12.8. The summed E-state index contributed by atoms with van der Waals surface area (Å²) in [6.07, 6.45) is 0. The van der Waals surface area contributed by atoms with Crippen LogP contribution in [0.3, 0.4) is 0 Å². The Morgan fingerprint density at radius 1 is 1.23 bits per heavy atom. The van der Waals surface area contributed by atoms with Crippen LogP contribution in [-0.2, 0) is 9.05 Å². The minimum Gasteiger partial charge on any atom is -0.207 e. The van der Waals surface area contributed by atoms with Crippen molar-refractivity contribution in [2.75, 3.05) is 0 Å². The normalized spacial score (nSPS) is 11.7. The molecule has 0 saturated heterocycles. The zero-order valence-electron chi connectivity index (χ0n) is 5.89. The van der Waals surface area contributed by atoms with E-state index >= 15 is 0 Å². The van der Waals surface area contributed by atoms with Gasteiger partial charge in [-0.1, -0.05) is 11.6 Å². The third-order valence-corrected chi connectivity index (χ3v) is 2.76. The second kappa shape index (κ2) is 3.40. The van der Waals surface area contributed by atoms with Crippen molar-refractivity contribution in [3.8, 4) is 0 Å². The Morgan fingerprint density at radius 3 is 2.23 bits per heavy atom. The summed E-state index contributed by atoms with van der Waals surface area (Å²) in [7, 11) is 0.509. The summed E-state index contributed by atoms with van der Waals surface area (Å²) in [6.45, 7) is 0. The minimum absolute atomic E-state index is 0.238. The first-order valence-electron chi connectivity index (χ1n) is 2.91. The summed E-state index contributed by atoms with van der Waals surface area (Å²) < 4.78 is 46.7. The fourth-order valence-electron chi connectivity index (χ4n) is 0.710. The molecule has 1 aromatic carbocycles. The molecule has 0 amide bonds. The molecule has 0 unspecified atom stereocenters. The van der Waals surface area contributed by atoms with Crippen molar-refractivity contribution in [2.45, 2.75) is 4.90 Å². The number of hydrogen-bond acceptors (Lipinski definition) is 2. The Bertz CT molecular complexity index is 444. The van der Waals surface area contributed by atoms with E-state index in [0.29, 0.717) is 6.07 Å². The van der Waals surface area contributed by atoms with Gasteiger partial charge >= 0.3 is 0 Å². The van der Waals surface area contributed by atoms with Gasteiger partial charge in [0.15, 0.2) is 11.6 Å². The molecule has 0 radical (unpaired) electrons. The van der Waals surface area contributed by atoms with E-state index in [2.05, 4.69) is 0 Å². The van der Waals surface area contributed by atoms with E-state index < -0.39 is 25.6 Å². The van der Waals surface area contributed by atoms with Crippen LogP contribution in [0.5, 0.6) is 0 Å². The lowest BCUT2D eigenvalue weighted by Crippen LogP contribution is -1.98. The summed E-state index contributed by atoms with van der Waals surface area (Å²) in [4.78, 5) is -0.959. The Labute approximate surface area is 82.5 Å². The van der Waals surface area contributed by atoms with Gasteiger partial charge in [-0.25, -0.2) is 17.2 Å². The summed E-state index contributed by atoms with van der Waals surface area (Å²) >= 11 is 5.30. The van der Waals surface area contributed by atoms with Gasteiger partial charge in [-0.15, -0.1) is 0 Å². The van der Waals surface area contributed by atoms with Gasteiger partial charge in [-0.2, -0.15) is 0 Å². The summed E-state index contributed by atoms with van der Waals surface area (Å²) in [5, 5.41) is -0.238. The Balaban J connectivity index is 3.56. The first-order valence-corrected chi connectivity index (χ1v) is 5.60.